The van der Waals surface area contributed by atoms with Gasteiger partial charge in [0, 0.05) is 26.1 Å². The van der Waals surface area contributed by atoms with Crippen molar-refractivity contribution < 1.29 is 13.2 Å². The average molecular weight is 382 g/mol. The van der Waals surface area contributed by atoms with Crippen LogP contribution in [0.4, 0.5) is 0 Å². The van der Waals surface area contributed by atoms with Crippen molar-refractivity contribution in [2.45, 2.75) is 50.8 Å². The summed E-state index contributed by atoms with van der Waals surface area (Å²) in [5, 5.41) is 2.88. The molecule has 0 saturated carbocycles. The van der Waals surface area contributed by atoms with Crippen LogP contribution in [0.5, 0.6) is 0 Å². The molecule has 1 aromatic rings. The molecular weight excluding hydrogens is 350 g/mol. The van der Waals surface area contributed by atoms with Gasteiger partial charge in [0.2, 0.25) is 15.9 Å². The largest absolute Gasteiger partial charge is 0.355 e. The van der Waals surface area contributed by atoms with Crippen LogP contribution in [0.1, 0.15) is 43.2 Å². The summed E-state index contributed by atoms with van der Waals surface area (Å²) in [5.74, 6) is -0.123. The van der Waals surface area contributed by atoms with Crippen LogP contribution in [0.25, 0.3) is 0 Å². The minimum absolute atomic E-state index is 0.102. The molecule has 0 aromatic heterocycles. The van der Waals surface area contributed by atoms with Crippen LogP contribution in [0.2, 0.25) is 0 Å². The Morgan fingerprint density at radius 1 is 1.04 bits per heavy atom. The fourth-order valence-electron chi connectivity index (χ4n) is 3.06. The first-order chi connectivity index (χ1) is 12.4. The lowest BCUT2D eigenvalue weighted by molar-refractivity contribution is -0.120. The highest BCUT2D eigenvalue weighted by Gasteiger charge is 2.15. The molecule has 1 heterocycles. The number of hydrogen-bond donors (Lipinski definition) is 2. The minimum atomic E-state index is -3.58. The molecule has 1 aromatic carbocycles. The number of nitrogens with one attached hydrogen (secondary N) is 2. The van der Waals surface area contributed by atoms with Crippen molar-refractivity contribution >= 4 is 15.9 Å². The van der Waals surface area contributed by atoms with Crippen LogP contribution in [-0.4, -0.2) is 51.9 Å². The first kappa shape index (κ1) is 20.9. The molecule has 2 rings (SSSR count). The lowest BCUT2D eigenvalue weighted by atomic mass is 10.1. The molecule has 0 atom stereocenters. The van der Waals surface area contributed by atoms with E-state index in [1.165, 1.54) is 25.7 Å². The minimum Gasteiger partial charge on any atom is -0.355 e. The van der Waals surface area contributed by atoms with Gasteiger partial charge in [0.05, 0.1) is 4.90 Å². The number of rotatable bonds is 8. The maximum absolute atomic E-state index is 12.3. The smallest absolute Gasteiger partial charge is 0.240 e. The summed E-state index contributed by atoms with van der Waals surface area (Å²) in [7, 11) is -3.58. The maximum Gasteiger partial charge on any atom is 0.240 e. The van der Waals surface area contributed by atoms with Gasteiger partial charge < -0.3 is 10.2 Å². The number of likely N-dealkylation sites (tertiary alicyclic amines) is 1. The van der Waals surface area contributed by atoms with Gasteiger partial charge in [-0.1, -0.05) is 18.9 Å². The zero-order chi connectivity index (χ0) is 19.0. The van der Waals surface area contributed by atoms with Gasteiger partial charge in [-0.2, -0.15) is 0 Å². The summed E-state index contributed by atoms with van der Waals surface area (Å²) in [6.07, 6.45) is 5.19. The third-order valence-corrected chi connectivity index (χ3v) is 6.34. The monoisotopic (exact) mass is 381 g/mol. The van der Waals surface area contributed by atoms with Crippen LogP contribution < -0.4 is 10.0 Å². The Hall–Kier alpha value is -1.44. The Morgan fingerprint density at radius 2 is 1.73 bits per heavy atom. The van der Waals surface area contributed by atoms with Gasteiger partial charge in [0.15, 0.2) is 0 Å². The Labute approximate surface area is 157 Å². The number of aryl methyl sites for hydroxylation is 2. The molecule has 26 heavy (non-hydrogen) atoms. The van der Waals surface area contributed by atoms with Crippen molar-refractivity contribution in [3.05, 3.63) is 29.3 Å². The molecular formula is C19H31N3O3S. The standard InChI is InChI=1S/C19H31N3O3S/c1-16-7-8-18(15-17(16)2)26(24,25)21-10-9-19(23)20-11-14-22-12-5-3-4-6-13-22/h7-8,15,21H,3-6,9-14H2,1-2H3,(H,20,23). The average Bonchev–Trinajstić information content (AvgIpc) is 2.86. The fourth-order valence-corrected chi connectivity index (χ4v) is 4.18. The van der Waals surface area contributed by atoms with E-state index in [0.29, 0.717) is 6.54 Å². The molecule has 1 aliphatic heterocycles. The number of benzene rings is 1. The summed E-state index contributed by atoms with van der Waals surface area (Å²) in [6.45, 7) is 7.60. The number of amides is 1. The molecule has 1 amide bonds. The van der Waals surface area contributed by atoms with E-state index in [0.717, 1.165) is 30.8 Å². The zero-order valence-corrected chi connectivity index (χ0v) is 16.7. The number of hydrogen-bond acceptors (Lipinski definition) is 4. The first-order valence-corrected chi connectivity index (χ1v) is 10.9. The molecule has 0 aliphatic carbocycles. The summed E-state index contributed by atoms with van der Waals surface area (Å²) in [6, 6.07) is 5.03. The van der Waals surface area contributed by atoms with E-state index in [1.807, 2.05) is 13.8 Å². The predicted molar refractivity (Wildman–Crippen MR) is 104 cm³/mol. The Kier molecular flexibility index (Phi) is 8.06. The highest BCUT2D eigenvalue weighted by molar-refractivity contribution is 7.89. The summed E-state index contributed by atoms with van der Waals surface area (Å²) in [4.78, 5) is 14.5. The van der Waals surface area contributed by atoms with Crippen molar-refractivity contribution in [1.29, 1.82) is 0 Å². The van der Waals surface area contributed by atoms with Gasteiger partial charge in [0.25, 0.3) is 0 Å². The van der Waals surface area contributed by atoms with Crippen LogP contribution in [0.3, 0.4) is 0 Å². The zero-order valence-electron chi connectivity index (χ0n) is 15.9. The molecule has 0 radical (unpaired) electrons. The highest BCUT2D eigenvalue weighted by atomic mass is 32.2. The summed E-state index contributed by atoms with van der Waals surface area (Å²) < 4.78 is 27.1. The van der Waals surface area contributed by atoms with E-state index in [-0.39, 0.29) is 23.8 Å². The van der Waals surface area contributed by atoms with Crippen molar-refractivity contribution in [2.24, 2.45) is 0 Å². The van der Waals surface area contributed by atoms with Gasteiger partial charge in [-0.25, -0.2) is 13.1 Å². The molecule has 1 fully saturated rings. The van der Waals surface area contributed by atoms with E-state index in [4.69, 9.17) is 0 Å². The second kappa shape index (κ2) is 10.0. The van der Waals surface area contributed by atoms with Crippen molar-refractivity contribution in [1.82, 2.24) is 14.9 Å². The molecule has 0 bridgehead atoms. The van der Waals surface area contributed by atoms with Gasteiger partial charge in [-0.05, 0) is 63.0 Å². The Bertz CT molecular complexity index is 696. The number of nitrogens with zero attached hydrogens (tertiary/aromatic N) is 1. The number of sulfonamides is 1. The van der Waals surface area contributed by atoms with Crippen molar-refractivity contribution in [3.8, 4) is 0 Å². The lowest BCUT2D eigenvalue weighted by Gasteiger charge is -2.19. The molecule has 0 unspecified atom stereocenters. The van der Waals surface area contributed by atoms with Gasteiger partial charge in [-0.3, -0.25) is 4.79 Å². The molecule has 2 N–H and O–H groups in total. The van der Waals surface area contributed by atoms with E-state index < -0.39 is 10.0 Å². The van der Waals surface area contributed by atoms with Gasteiger partial charge in [-0.15, -0.1) is 0 Å². The first-order valence-electron chi connectivity index (χ1n) is 9.44. The third-order valence-electron chi connectivity index (χ3n) is 4.88. The second-order valence-corrected chi connectivity index (χ2v) is 8.77. The van der Waals surface area contributed by atoms with E-state index in [2.05, 4.69) is 14.9 Å². The van der Waals surface area contributed by atoms with Crippen LogP contribution in [-0.2, 0) is 14.8 Å². The summed E-state index contributed by atoms with van der Waals surface area (Å²) >= 11 is 0. The topological polar surface area (TPSA) is 78.5 Å². The van der Waals surface area contributed by atoms with E-state index in [9.17, 15) is 13.2 Å². The van der Waals surface area contributed by atoms with E-state index >= 15 is 0 Å². The molecule has 1 aliphatic rings. The Balaban J connectivity index is 1.69. The van der Waals surface area contributed by atoms with Gasteiger partial charge in [0.1, 0.15) is 0 Å². The number of carbonyl (C=O) groups excluding carboxylic acids is 1. The maximum atomic E-state index is 12.3. The highest BCUT2D eigenvalue weighted by Crippen LogP contribution is 2.14. The molecule has 0 spiro atoms. The molecule has 7 heteroatoms. The predicted octanol–water partition coefficient (Wildman–Crippen LogP) is 1.96. The molecule has 6 nitrogen and oxygen atoms in total. The molecule has 146 valence electrons. The quantitative estimate of drug-likeness (QED) is 0.722. The van der Waals surface area contributed by atoms with Crippen molar-refractivity contribution in [2.75, 3.05) is 32.7 Å². The second-order valence-electron chi connectivity index (χ2n) is 7.00. The van der Waals surface area contributed by atoms with Crippen LogP contribution >= 0.6 is 0 Å². The fraction of sp³-hybridized carbons (Fsp3) is 0.632. The van der Waals surface area contributed by atoms with E-state index in [1.54, 1.807) is 18.2 Å². The van der Waals surface area contributed by atoms with Crippen LogP contribution in [0, 0.1) is 13.8 Å². The van der Waals surface area contributed by atoms with Crippen molar-refractivity contribution in [3.63, 3.8) is 0 Å². The Morgan fingerprint density at radius 3 is 2.38 bits per heavy atom. The molecule has 1 saturated heterocycles. The number of carbonyl (C=O) groups is 1. The van der Waals surface area contributed by atoms with Gasteiger partial charge >= 0.3 is 0 Å². The van der Waals surface area contributed by atoms with Crippen LogP contribution in [0.15, 0.2) is 23.1 Å². The normalized spacial score (nSPS) is 16.2. The third kappa shape index (κ3) is 6.70. The summed E-state index contributed by atoms with van der Waals surface area (Å²) in [5.41, 5.74) is 1.98. The lowest BCUT2D eigenvalue weighted by Crippen LogP contribution is -2.36. The SMILES string of the molecule is Cc1ccc(S(=O)(=O)NCCC(=O)NCCN2CCCCCC2)cc1C.